The highest BCUT2D eigenvalue weighted by molar-refractivity contribution is 6.32. The van der Waals surface area contributed by atoms with Gasteiger partial charge in [0.05, 0.1) is 23.2 Å². The van der Waals surface area contributed by atoms with Crippen molar-refractivity contribution in [3.63, 3.8) is 0 Å². The molecule has 7 heteroatoms. The van der Waals surface area contributed by atoms with E-state index in [1.54, 1.807) is 12.1 Å². The molecule has 38 heavy (non-hydrogen) atoms. The van der Waals surface area contributed by atoms with Crippen LogP contribution < -0.4 is 10.1 Å². The van der Waals surface area contributed by atoms with Gasteiger partial charge in [-0.1, -0.05) is 42.3 Å². The lowest BCUT2D eigenvalue weighted by Gasteiger charge is -2.12. The van der Waals surface area contributed by atoms with Crippen molar-refractivity contribution in [2.75, 3.05) is 13.2 Å². The average molecular weight is 536 g/mol. The second kappa shape index (κ2) is 13.4. The van der Waals surface area contributed by atoms with Gasteiger partial charge in [-0.2, -0.15) is 0 Å². The first-order valence-electron chi connectivity index (χ1n) is 13.3. The number of hydrogen-bond donors (Lipinski definition) is 1. The highest BCUT2D eigenvalue weighted by Crippen LogP contribution is 2.26. The molecule has 1 amide bonds. The molecule has 0 aliphatic carbocycles. The standard InChI is InChI=1S/C31H35ClFN3O2/c1-22-20-24(21-23(2)30(22)32)38-19-11-10-18-36-28-15-8-7-14-27(28)35-29(36)16-4-3-9-17-34-31(37)25-12-5-6-13-26(25)33/h5-8,12-15,20-21H,3-4,9-11,16-19H2,1-2H3,(H,34,37). The predicted octanol–water partition coefficient (Wildman–Crippen LogP) is 7.45. The number of rotatable bonds is 13. The number of aromatic nitrogens is 2. The number of unbranched alkanes of at least 4 members (excludes halogenated alkanes) is 3. The highest BCUT2D eigenvalue weighted by Gasteiger charge is 2.12. The lowest BCUT2D eigenvalue weighted by atomic mass is 10.1. The molecule has 4 rings (SSSR count). The molecule has 5 nitrogen and oxygen atoms in total. The Morgan fingerprint density at radius 1 is 0.974 bits per heavy atom. The van der Waals surface area contributed by atoms with Crippen molar-refractivity contribution in [3.05, 3.63) is 94.0 Å². The van der Waals surface area contributed by atoms with Gasteiger partial charge in [0, 0.05) is 24.5 Å². The van der Waals surface area contributed by atoms with E-state index in [2.05, 4.69) is 28.1 Å². The van der Waals surface area contributed by atoms with Crippen LogP contribution in [0, 0.1) is 19.7 Å². The fourth-order valence-corrected chi connectivity index (χ4v) is 4.75. The normalized spacial score (nSPS) is 11.2. The Bertz CT molecular complexity index is 1360. The molecule has 3 aromatic carbocycles. The molecule has 1 N–H and O–H groups in total. The minimum Gasteiger partial charge on any atom is -0.494 e. The van der Waals surface area contributed by atoms with E-state index in [-0.39, 0.29) is 11.5 Å². The lowest BCUT2D eigenvalue weighted by Crippen LogP contribution is -2.25. The van der Waals surface area contributed by atoms with Crippen LogP contribution in [-0.4, -0.2) is 28.6 Å². The van der Waals surface area contributed by atoms with E-state index >= 15 is 0 Å². The number of nitrogens with one attached hydrogen (secondary N) is 1. The van der Waals surface area contributed by atoms with Gasteiger partial charge in [0.2, 0.25) is 0 Å². The Morgan fingerprint density at radius 3 is 2.50 bits per heavy atom. The molecular weight excluding hydrogens is 501 g/mol. The zero-order valence-corrected chi connectivity index (χ0v) is 22.9. The van der Waals surface area contributed by atoms with E-state index < -0.39 is 5.82 Å². The van der Waals surface area contributed by atoms with Gasteiger partial charge in [-0.25, -0.2) is 9.37 Å². The van der Waals surface area contributed by atoms with E-state index in [1.165, 1.54) is 12.1 Å². The molecular formula is C31H35ClFN3O2. The van der Waals surface area contributed by atoms with Crippen LogP contribution in [0.15, 0.2) is 60.7 Å². The summed E-state index contributed by atoms with van der Waals surface area (Å²) in [6.07, 6.45) is 5.55. The Kier molecular flexibility index (Phi) is 9.77. The van der Waals surface area contributed by atoms with Gasteiger partial charge in [-0.3, -0.25) is 4.79 Å². The van der Waals surface area contributed by atoms with Gasteiger partial charge >= 0.3 is 0 Å². The third-order valence-electron chi connectivity index (χ3n) is 6.67. The summed E-state index contributed by atoms with van der Waals surface area (Å²) >= 11 is 6.26. The fraction of sp³-hybridized carbons (Fsp3) is 0.355. The average Bonchev–Trinajstić information content (AvgIpc) is 3.26. The number of para-hydroxylation sites is 2. The SMILES string of the molecule is Cc1cc(OCCCCn2c(CCCCCNC(=O)c3ccccc3F)nc3ccccc32)cc(C)c1Cl. The molecule has 0 radical (unpaired) electrons. The van der Waals surface area contributed by atoms with Gasteiger partial charge in [0.1, 0.15) is 17.4 Å². The molecule has 0 bridgehead atoms. The predicted molar refractivity (Wildman–Crippen MR) is 152 cm³/mol. The number of nitrogens with zero attached hydrogens (tertiary/aromatic N) is 2. The first kappa shape index (κ1) is 27.6. The summed E-state index contributed by atoms with van der Waals surface area (Å²) in [5, 5.41) is 3.61. The zero-order chi connectivity index (χ0) is 26.9. The molecule has 1 heterocycles. The van der Waals surface area contributed by atoms with E-state index in [1.807, 2.05) is 32.0 Å². The molecule has 0 saturated carbocycles. The molecule has 0 aliphatic heterocycles. The molecule has 0 spiro atoms. The molecule has 1 aromatic heterocycles. The van der Waals surface area contributed by atoms with Crippen LogP contribution in [0.5, 0.6) is 5.75 Å². The third-order valence-corrected chi connectivity index (χ3v) is 7.27. The Hall–Kier alpha value is -3.38. The van der Waals surface area contributed by atoms with Crippen molar-refractivity contribution in [1.82, 2.24) is 14.9 Å². The maximum atomic E-state index is 13.8. The number of hydrogen-bond acceptors (Lipinski definition) is 3. The van der Waals surface area contributed by atoms with E-state index in [9.17, 15) is 9.18 Å². The second-order valence-corrected chi connectivity index (χ2v) is 10.0. The molecule has 0 unspecified atom stereocenters. The number of halogens is 2. The van der Waals surface area contributed by atoms with E-state index in [4.69, 9.17) is 21.3 Å². The smallest absolute Gasteiger partial charge is 0.254 e. The van der Waals surface area contributed by atoms with Crippen molar-refractivity contribution >= 4 is 28.5 Å². The topological polar surface area (TPSA) is 56.1 Å². The number of carbonyl (C=O) groups is 1. The molecule has 0 atom stereocenters. The lowest BCUT2D eigenvalue weighted by molar-refractivity contribution is 0.0949. The summed E-state index contributed by atoms with van der Waals surface area (Å²) < 4.78 is 22.1. The maximum Gasteiger partial charge on any atom is 0.254 e. The van der Waals surface area contributed by atoms with Gasteiger partial charge in [0.15, 0.2) is 0 Å². The van der Waals surface area contributed by atoms with Crippen LogP contribution in [0.1, 0.15) is 59.4 Å². The Balaban J connectivity index is 1.23. The van der Waals surface area contributed by atoms with Gasteiger partial charge in [-0.15, -0.1) is 0 Å². The van der Waals surface area contributed by atoms with Gasteiger partial charge in [-0.05, 0) is 87.1 Å². The molecule has 0 fully saturated rings. The molecule has 4 aromatic rings. The number of imidazole rings is 1. The Morgan fingerprint density at radius 2 is 1.71 bits per heavy atom. The van der Waals surface area contributed by atoms with Crippen molar-refractivity contribution in [2.45, 2.75) is 58.9 Å². The summed E-state index contributed by atoms with van der Waals surface area (Å²) in [5.41, 5.74) is 4.32. The monoisotopic (exact) mass is 535 g/mol. The van der Waals surface area contributed by atoms with Crippen LogP contribution in [0.4, 0.5) is 4.39 Å². The zero-order valence-electron chi connectivity index (χ0n) is 22.1. The summed E-state index contributed by atoms with van der Waals surface area (Å²) in [6.45, 7) is 6.06. The van der Waals surface area contributed by atoms with Gasteiger partial charge < -0.3 is 14.6 Å². The summed E-state index contributed by atoms with van der Waals surface area (Å²) in [5.74, 6) is 1.09. The quantitative estimate of drug-likeness (QED) is 0.181. The van der Waals surface area contributed by atoms with Crippen molar-refractivity contribution in [1.29, 1.82) is 0 Å². The Labute approximate surface area is 229 Å². The first-order valence-corrected chi connectivity index (χ1v) is 13.7. The largest absolute Gasteiger partial charge is 0.494 e. The van der Waals surface area contributed by atoms with Crippen LogP contribution in [0.3, 0.4) is 0 Å². The summed E-state index contributed by atoms with van der Waals surface area (Å²) in [4.78, 5) is 17.0. The van der Waals surface area contributed by atoms with Crippen LogP contribution in [0.2, 0.25) is 5.02 Å². The summed E-state index contributed by atoms with van der Waals surface area (Å²) in [6, 6.07) is 18.3. The van der Waals surface area contributed by atoms with E-state index in [0.717, 1.165) is 83.8 Å². The van der Waals surface area contributed by atoms with Crippen LogP contribution in [-0.2, 0) is 13.0 Å². The minimum absolute atomic E-state index is 0.0880. The minimum atomic E-state index is -0.495. The molecule has 0 aliphatic rings. The number of fused-ring (bicyclic) bond motifs is 1. The first-order chi connectivity index (χ1) is 18.4. The highest BCUT2D eigenvalue weighted by atomic mass is 35.5. The van der Waals surface area contributed by atoms with Crippen molar-refractivity contribution in [2.24, 2.45) is 0 Å². The van der Waals surface area contributed by atoms with Crippen molar-refractivity contribution < 1.29 is 13.9 Å². The fourth-order valence-electron chi connectivity index (χ4n) is 4.64. The van der Waals surface area contributed by atoms with Crippen molar-refractivity contribution in [3.8, 4) is 5.75 Å². The number of carbonyl (C=O) groups excluding carboxylic acids is 1. The van der Waals surface area contributed by atoms with Crippen LogP contribution in [0.25, 0.3) is 11.0 Å². The number of aryl methyl sites for hydroxylation is 4. The van der Waals surface area contributed by atoms with Crippen LogP contribution >= 0.6 is 11.6 Å². The molecule has 0 saturated heterocycles. The summed E-state index contributed by atoms with van der Waals surface area (Å²) in [7, 11) is 0. The molecule has 200 valence electrons. The number of benzene rings is 3. The second-order valence-electron chi connectivity index (χ2n) is 9.64. The van der Waals surface area contributed by atoms with E-state index in [0.29, 0.717) is 13.2 Å². The number of amides is 1. The maximum absolute atomic E-state index is 13.8. The number of ether oxygens (including phenoxy) is 1. The third kappa shape index (κ3) is 7.13. The van der Waals surface area contributed by atoms with Gasteiger partial charge in [0.25, 0.3) is 5.91 Å².